The van der Waals surface area contributed by atoms with Crippen LogP contribution < -0.4 is 5.32 Å². The molecule has 118 valence electrons. The van der Waals surface area contributed by atoms with Gasteiger partial charge in [-0.25, -0.2) is 12.7 Å². The van der Waals surface area contributed by atoms with E-state index in [2.05, 4.69) is 17.3 Å². The third kappa shape index (κ3) is 3.96. The molecule has 0 amide bonds. The number of piperidine rings is 1. The van der Waals surface area contributed by atoms with Gasteiger partial charge >= 0.3 is 0 Å². The monoisotopic (exact) mass is 311 g/mol. The van der Waals surface area contributed by atoms with Gasteiger partial charge in [-0.15, -0.1) is 0 Å². The fourth-order valence-corrected chi connectivity index (χ4v) is 3.49. The Morgan fingerprint density at radius 1 is 1.24 bits per heavy atom. The van der Waals surface area contributed by atoms with E-state index >= 15 is 0 Å². The summed E-state index contributed by atoms with van der Waals surface area (Å²) in [6.07, 6.45) is 3.79. The first-order chi connectivity index (χ1) is 9.91. The van der Waals surface area contributed by atoms with Gasteiger partial charge in [0.25, 0.3) is 0 Å². The Balaban J connectivity index is 1.97. The highest BCUT2D eigenvalue weighted by Crippen LogP contribution is 2.18. The summed E-state index contributed by atoms with van der Waals surface area (Å²) in [4.78, 5) is 2.72. The Kier molecular flexibility index (Phi) is 5.24. The standard InChI is InChI=1S/C15H25N3O2S/c1-17(2)21(19,20)15-9-7-13(8-10-15)16-12-14-6-4-5-11-18(14)3/h7-10,14,16H,4-6,11-12H2,1-3H3. The Bertz CT molecular complexity index is 555. The van der Waals surface area contributed by atoms with Gasteiger partial charge in [0.2, 0.25) is 10.0 Å². The number of likely N-dealkylation sites (tertiary alicyclic amines) is 1. The largest absolute Gasteiger partial charge is 0.383 e. The molecule has 0 spiro atoms. The summed E-state index contributed by atoms with van der Waals surface area (Å²) in [5.41, 5.74) is 0.965. The van der Waals surface area contributed by atoms with Crippen molar-refractivity contribution in [3.05, 3.63) is 24.3 Å². The van der Waals surface area contributed by atoms with E-state index < -0.39 is 10.0 Å². The lowest BCUT2D eigenvalue weighted by molar-refractivity contribution is 0.194. The van der Waals surface area contributed by atoms with Gasteiger partial charge in [-0.2, -0.15) is 0 Å². The van der Waals surface area contributed by atoms with Gasteiger partial charge in [-0.3, -0.25) is 0 Å². The quantitative estimate of drug-likeness (QED) is 0.901. The number of benzene rings is 1. The van der Waals surface area contributed by atoms with Gasteiger partial charge in [0, 0.05) is 32.4 Å². The van der Waals surface area contributed by atoms with Gasteiger partial charge in [-0.05, 0) is 50.7 Å². The summed E-state index contributed by atoms with van der Waals surface area (Å²) in [6, 6.07) is 7.53. The number of anilines is 1. The van der Waals surface area contributed by atoms with E-state index in [-0.39, 0.29) is 0 Å². The fourth-order valence-electron chi connectivity index (χ4n) is 2.59. The maximum Gasteiger partial charge on any atom is 0.242 e. The molecule has 1 aliphatic heterocycles. The van der Waals surface area contributed by atoms with Gasteiger partial charge < -0.3 is 10.2 Å². The van der Waals surface area contributed by atoms with Crippen LogP contribution in [-0.2, 0) is 10.0 Å². The number of sulfonamides is 1. The Morgan fingerprint density at radius 3 is 2.48 bits per heavy atom. The third-order valence-electron chi connectivity index (χ3n) is 4.10. The second kappa shape index (κ2) is 6.77. The molecule has 1 unspecified atom stereocenters. The first kappa shape index (κ1) is 16.3. The molecule has 0 aliphatic carbocycles. The van der Waals surface area contributed by atoms with Crippen molar-refractivity contribution in [3.63, 3.8) is 0 Å². The lowest BCUT2D eigenvalue weighted by Crippen LogP contribution is -2.40. The van der Waals surface area contributed by atoms with Crippen LogP contribution in [-0.4, -0.2) is 57.9 Å². The number of hydrogen-bond donors (Lipinski definition) is 1. The fraction of sp³-hybridized carbons (Fsp3) is 0.600. The summed E-state index contributed by atoms with van der Waals surface area (Å²) < 4.78 is 25.2. The third-order valence-corrected chi connectivity index (χ3v) is 5.93. The van der Waals surface area contributed by atoms with E-state index in [0.29, 0.717) is 10.9 Å². The summed E-state index contributed by atoms with van der Waals surface area (Å²) in [5.74, 6) is 0. The molecule has 21 heavy (non-hydrogen) atoms. The van der Waals surface area contributed by atoms with E-state index in [1.54, 1.807) is 26.2 Å². The van der Waals surface area contributed by atoms with Gasteiger partial charge in [0.05, 0.1) is 4.90 Å². The lowest BCUT2D eigenvalue weighted by Gasteiger charge is -2.32. The highest BCUT2D eigenvalue weighted by Gasteiger charge is 2.19. The van der Waals surface area contributed by atoms with Crippen molar-refractivity contribution in [2.75, 3.05) is 39.5 Å². The zero-order chi connectivity index (χ0) is 15.5. The molecule has 2 rings (SSSR count). The van der Waals surface area contributed by atoms with E-state index in [1.165, 1.54) is 23.6 Å². The Hall–Kier alpha value is -1.11. The molecular weight excluding hydrogens is 286 g/mol. The molecule has 1 aromatic rings. The normalized spacial score (nSPS) is 20.7. The lowest BCUT2D eigenvalue weighted by atomic mass is 10.0. The number of nitrogens with one attached hydrogen (secondary N) is 1. The first-order valence-corrected chi connectivity index (χ1v) is 8.82. The van der Waals surface area contributed by atoms with Crippen LogP contribution in [0.15, 0.2) is 29.2 Å². The van der Waals surface area contributed by atoms with Crippen LogP contribution in [0.1, 0.15) is 19.3 Å². The smallest absolute Gasteiger partial charge is 0.242 e. The average Bonchev–Trinajstić information content (AvgIpc) is 2.46. The van der Waals surface area contributed by atoms with Crippen LogP contribution in [0.5, 0.6) is 0 Å². The number of nitrogens with zero attached hydrogens (tertiary/aromatic N) is 2. The molecule has 0 bridgehead atoms. The summed E-state index contributed by atoms with van der Waals surface area (Å²) >= 11 is 0. The summed E-state index contributed by atoms with van der Waals surface area (Å²) in [7, 11) is 1.91. The molecule has 1 saturated heterocycles. The molecule has 0 aromatic heterocycles. The molecule has 1 aromatic carbocycles. The summed E-state index contributed by atoms with van der Waals surface area (Å²) in [6.45, 7) is 2.06. The molecule has 1 atom stereocenters. The number of likely N-dealkylation sites (N-methyl/N-ethyl adjacent to an activating group) is 1. The molecule has 6 heteroatoms. The molecule has 1 aliphatic rings. The molecule has 1 fully saturated rings. The molecular formula is C15H25N3O2S. The maximum absolute atomic E-state index is 12.0. The van der Waals surface area contributed by atoms with E-state index in [1.807, 2.05) is 12.1 Å². The van der Waals surface area contributed by atoms with Gasteiger partial charge in [0.15, 0.2) is 0 Å². The van der Waals surface area contributed by atoms with Crippen LogP contribution in [0, 0.1) is 0 Å². The molecule has 5 nitrogen and oxygen atoms in total. The number of hydrogen-bond acceptors (Lipinski definition) is 4. The second-order valence-corrected chi connectivity index (χ2v) is 7.97. The highest BCUT2D eigenvalue weighted by atomic mass is 32.2. The van der Waals surface area contributed by atoms with E-state index in [4.69, 9.17) is 0 Å². The minimum atomic E-state index is -3.34. The van der Waals surface area contributed by atoms with Crippen molar-refractivity contribution in [1.82, 2.24) is 9.21 Å². The topological polar surface area (TPSA) is 52.7 Å². The van der Waals surface area contributed by atoms with Crippen LogP contribution in [0.4, 0.5) is 5.69 Å². The van der Waals surface area contributed by atoms with Gasteiger partial charge in [0.1, 0.15) is 0 Å². The SMILES string of the molecule is CN1CCCCC1CNc1ccc(S(=O)(=O)N(C)C)cc1. The average molecular weight is 311 g/mol. The predicted octanol–water partition coefficient (Wildman–Crippen LogP) is 1.83. The van der Waals surface area contributed by atoms with Crippen LogP contribution in [0.2, 0.25) is 0 Å². The second-order valence-electron chi connectivity index (χ2n) is 5.82. The zero-order valence-electron chi connectivity index (χ0n) is 13.0. The van der Waals surface area contributed by atoms with Crippen molar-refractivity contribution >= 4 is 15.7 Å². The van der Waals surface area contributed by atoms with Crippen LogP contribution in [0.3, 0.4) is 0 Å². The molecule has 1 heterocycles. The zero-order valence-corrected chi connectivity index (χ0v) is 13.9. The van der Waals surface area contributed by atoms with E-state index in [9.17, 15) is 8.42 Å². The first-order valence-electron chi connectivity index (χ1n) is 7.38. The summed E-state index contributed by atoms with van der Waals surface area (Å²) in [5, 5.41) is 3.40. The predicted molar refractivity (Wildman–Crippen MR) is 86.1 cm³/mol. The Labute approximate surface area is 128 Å². The minimum Gasteiger partial charge on any atom is -0.383 e. The molecule has 1 N–H and O–H groups in total. The van der Waals surface area contributed by atoms with Crippen molar-refractivity contribution in [1.29, 1.82) is 0 Å². The van der Waals surface area contributed by atoms with Crippen molar-refractivity contribution < 1.29 is 8.42 Å². The van der Waals surface area contributed by atoms with Crippen molar-refractivity contribution in [3.8, 4) is 0 Å². The van der Waals surface area contributed by atoms with Crippen LogP contribution >= 0.6 is 0 Å². The minimum absolute atomic E-state index is 0.327. The van der Waals surface area contributed by atoms with Crippen molar-refractivity contribution in [2.24, 2.45) is 0 Å². The molecule has 0 saturated carbocycles. The molecule has 0 radical (unpaired) electrons. The van der Waals surface area contributed by atoms with Crippen molar-refractivity contribution in [2.45, 2.75) is 30.2 Å². The number of rotatable bonds is 5. The van der Waals surface area contributed by atoms with E-state index in [0.717, 1.165) is 18.8 Å². The maximum atomic E-state index is 12.0. The Morgan fingerprint density at radius 2 is 1.90 bits per heavy atom. The van der Waals surface area contributed by atoms with Crippen LogP contribution in [0.25, 0.3) is 0 Å². The van der Waals surface area contributed by atoms with Gasteiger partial charge in [-0.1, -0.05) is 6.42 Å². The highest BCUT2D eigenvalue weighted by molar-refractivity contribution is 7.89.